The number of hydrogen-bond acceptors (Lipinski definition) is 2. The summed E-state index contributed by atoms with van der Waals surface area (Å²) in [7, 11) is 0. The zero-order valence-corrected chi connectivity index (χ0v) is 14.0. The molecule has 0 saturated heterocycles. The first-order chi connectivity index (χ1) is 9.91. The zero-order chi connectivity index (χ0) is 15.9. The first-order valence-electron chi connectivity index (χ1n) is 7.99. The molecular weight excluding hydrogens is 260 g/mol. The Morgan fingerprint density at radius 1 is 1.19 bits per heavy atom. The maximum atomic E-state index is 12.0. The van der Waals surface area contributed by atoms with Crippen LogP contribution < -0.4 is 5.73 Å². The highest BCUT2D eigenvalue weighted by molar-refractivity contribution is 5.80. The number of nitrogens with zero attached hydrogens (tertiary/aromatic N) is 1. The molecule has 0 radical (unpaired) electrons. The fourth-order valence-electron chi connectivity index (χ4n) is 2.60. The van der Waals surface area contributed by atoms with Gasteiger partial charge in [0.05, 0.1) is 5.41 Å². The number of rotatable bonds is 9. The Kier molecular flexibility index (Phi) is 6.90. The molecule has 1 unspecified atom stereocenters. The molecule has 0 spiro atoms. The summed E-state index contributed by atoms with van der Waals surface area (Å²) in [6.45, 7) is 11.4. The van der Waals surface area contributed by atoms with E-state index in [1.165, 1.54) is 11.1 Å². The second-order valence-electron chi connectivity index (χ2n) is 6.27. The third-order valence-electron chi connectivity index (χ3n) is 4.28. The lowest BCUT2D eigenvalue weighted by Crippen LogP contribution is -2.40. The van der Waals surface area contributed by atoms with Gasteiger partial charge >= 0.3 is 0 Å². The number of hydrogen-bond donors (Lipinski definition) is 1. The van der Waals surface area contributed by atoms with Crippen LogP contribution in [0, 0.1) is 12.3 Å². The lowest BCUT2D eigenvalue weighted by atomic mass is 9.79. The van der Waals surface area contributed by atoms with Gasteiger partial charge in [-0.3, -0.25) is 4.79 Å². The van der Waals surface area contributed by atoms with Crippen molar-refractivity contribution in [1.29, 1.82) is 0 Å². The van der Waals surface area contributed by atoms with Gasteiger partial charge in [0.2, 0.25) is 5.91 Å². The number of carbonyl (C=O) groups excluding carboxylic acids is 1. The summed E-state index contributed by atoms with van der Waals surface area (Å²) in [6.07, 6.45) is 2.66. The summed E-state index contributed by atoms with van der Waals surface area (Å²) in [4.78, 5) is 14.3. The molecule has 118 valence electrons. The number of nitrogens with two attached hydrogens (primary N) is 1. The smallest absolute Gasteiger partial charge is 0.223 e. The summed E-state index contributed by atoms with van der Waals surface area (Å²) in [5.74, 6) is -0.198. The molecule has 3 heteroatoms. The van der Waals surface area contributed by atoms with Crippen LogP contribution in [0.1, 0.15) is 44.7 Å². The predicted octanol–water partition coefficient (Wildman–Crippen LogP) is 3.15. The van der Waals surface area contributed by atoms with Crippen LogP contribution in [-0.2, 0) is 11.2 Å². The molecule has 2 N–H and O–H groups in total. The molecule has 1 amide bonds. The lowest BCUT2D eigenvalue weighted by molar-refractivity contribution is -0.127. The highest BCUT2D eigenvalue weighted by Gasteiger charge is 2.31. The van der Waals surface area contributed by atoms with E-state index in [0.29, 0.717) is 6.42 Å². The zero-order valence-electron chi connectivity index (χ0n) is 14.0. The largest absolute Gasteiger partial charge is 0.369 e. The molecular formula is C18H30N2O. The first kappa shape index (κ1) is 17.7. The van der Waals surface area contributed by atoms with Gasteiger partial charge in [-0.25, -0.2) is 0 Å². The van der Waals surface area contributed by atoms with Crippen LogP contribution in [0.25, 0.3) is 0 Å². The second kappa shape index (κ2) is 8.18. The van der Waals surface area contributed by atoms with Gasteiger partial charge in [-0.05, 0) is 51.4 Å². The van der Waals surface area contributed by atoms with E-state index < -0.39 is 5.41 Å². The summed E-state index contributed by atoms with van der Waals surface area (Å²) in [5, 5.41) is 0. The average Bonchev–Trinajstić information content (AvgIpc) is 2.45. The Hall–Kier alpha value is -1.35. The van der Waals surface area contributed by atoms with Gasteiger partial charge in [0.15, 0.2) is 0 Å². The van der Waals surface area contributed by atoms with Crippen LogP contribution in [0.15, 0.2) is 24.3 Å². The van der Waals surface area contributed by atoms with Crippen LogP contribution in [0.4, 0.5) is 0 Å². The van der Waals surface area contributed by atoms with Crippen molar-refractivity contribution in [2.75, 3.05) is 19.6 Å². The Balaban J connectivity index is 2.73. The number of benzene rings is 1. The summed E-state index contributed by atoms with van der Waals surface area (Å²) < 4.78 is 0. The van der Waals surface area contributed by atoms with Crippen LogP contribution in [0.2, 0.25) is 0 Å². The molecule has 0 aliphatic rings. The van der Waals surface area contributed by atoms with Gasteiger partial charge in [0, 0.05) is 0 Å². The minimum atomic E-state index is -0.476. The maximum Gasteiger partial charge on any atom is 0.223 e. The Labute approximate surface area is 129 Å². The summed E-state index contributed by atoms with van der Waals surface area (Å²) in [6, 6.07) is 8.37. The molecule has 1 rings (SSSR count). The molecule has 21 heavy (non-hydrogen) atoms. The van der Waals surface area contributed by atoms with Crippen molar-refractivity contribution < 1.29 is 4.79 Å². The third kappa shape index (κ3) is 5.50. The summed E-state index contributed by atoms with van der Waals surface area (Å²) in [5.41, 5.74) is 7.63. The van der Waals surface area contributed by atoms with E-state index in [-0.39, 0.29) is 5.91 Å². The highest BCUT2D eigenvalue weighted by atomic mass is 16.1. The van der Waals surface area contributed by atoms with Crippen molar-refractivity contribution >= 4 is 5.91 Å². The molecule has 0 heterocycles. The van der Waals surface area contributed by atoms with Gasteiger partial charge in [-0.1, -0.05) is 50.6 Å². The Morgan fingerprint density at radius 3 is 2.29 bits per heavy atom. The lowest BCUT2D eigenvalue weighted by Gasteiger charge is -2.29. The molecule has 0 aromatic heterocycles. The molecule has 0 aliphatic heterocycles. The van der Waals surface area contributed by atoms with Crippen LogP contribution in [0.3, 0.4) is 0 Å². The minimum absolute atomic E-state index is 0.198. The second-order valence-corrected chi connectivity index (χ2v) is 6.27. The maximum absolute atomic E-state index is 12.0. The van der Waals surface area contributed by atoms with Crippen molar-refractivity contribution in [3.63, 3.8) is 0 Å². The number of primary amides is 1. The van der Waals surface area contributed by atoms with Crippen LogP contribution in [0.5, 0.6) is 0 Å². The first-order valence-corrected chi connectivity index (χ1v) is 7.99. The van der Waals surface area contributed by atoms with Crippen molar-refractivity contribution in [2.45, 2.75) is 47.0 Å². The van der Waals surface area contributed by atoms with Crippen molar-refractivity contribution in [3.05, 3.63) is 35.4 Å². The normalized spacial score (nSPS) is 14.1. The quantitative estimate of drug-likeness (QED) is 0.759. The number of amides is 1. The SMILES string of the molecule is CCCN(CC)CCC(C)(Cc1ccc(C)cc1)C(N)=O. The van der Waals surface area contributed by atoms with E-state index >= 15 is 0 Å². The van der Waals surface area contributed by atoms with Gasteiger partial charge in [-0.2, -0.15) is 0 Å². The fourth-order valence-corrected chi connectivity index (χ4v) is 2.60. The molecule has 0 saturated carbocycles. The predicted molar refractivity (Wildman–Crippen MR) is 89.2 cm³/mol. The van der Waals surface area contributed by atoms with Gasteiger partial charge < -0.3 is 10.6 Å². The topological polar surface area (TPSA) is 46.3 Å². The van der Waals surface area contributed by atoms with Gasteiger partial charge in [0.25, 0.3) is 0 Å². The molecule has 0 fully saturated rings. The Bertz CT molecular complexity index is 441. The van der Waals surface area contributed by atoms with Crippen molar-refractivity contribution in [3.8, 4) is 0 Å². The van der Waals surface area contributed by atoms with E-state index in [1.807, 2.05) is 6.92 Å². The minimum Gasteiger partial charge on any atom is -0.369 e. The molecule has 3 nitrogen and oxygen atoms in total. The van der Waals surface area contributed by atoms with E-state index in [0.717, 1.165) is 32.5 Å². The van der Waals surface area contributed by atoms with Gasteiger partial charge in [0.1, 0.15) is 0 Å². The summed E-state index contributed by atoms with van der Waals surface area (Å²) >= 11 is 0. The number of carbonyl (C=O) groups is 1. The highest BCUT2D eigenvalue weighted by Crippen LogP contribution is 2.27. The fraction of sp³-hybridized carbons (Fsp3) is 0.611. The molecule has 1 aromatic rings. The molecule has 1 atom stereocenters. The average molecular weight is 290 g/mol. The molecule has 1 aromatic carbocycles. The van der Waals surface area contributed by atoms with Crippen molar-refractivity contribution in [2.24, 2.45) is 11.1 Å². The van der Waals surface area contributed by atoms with Crippen LogP contribution >= 0.6 is 0 Å². The standard InChI is InChI=1S/C18H30N2O/c1-5-12-20(6-2)13-11-18(4,17(19)21)14-16-9-7-15(3)8-10-16/h7-10H,5-6,11-14H2,1-4H3,(H2,19,21). The van der Waals surface area contributed by atoms with E-state index in [9.17, 15) is 4.79 Å². The van der Waals surface area contributed by atoms with E-state index in [4.69, 9.17) is 5.73 Å². The van der Waals surface area contributed by atoms with Gasteiger partial charge in [-0.15, -0.1) is 0 Å². The number of aryl methyl sites for hydroxylation is 1. The Morgan fingerprint density at radius 2 is 1.81 bits per heavy atom. The molecule has 0 aliphatic carbocycles. The van der Waals surface area contributed by atoms with E-state index in [1.54, 1.807) is 0 Å². The van der Waals surface area contributed by atoms with Crippen LogP contribution in [-0.4, -0.2) is 30.4 Å². The third-order valence-corrected chi connectivity index (χ3v) is 4.28. The van der Waals surface area contributed by atoms with E-state index in [2.05, 4.69) is 49.9 Å². The molecule has 0 bridgehead atoms. The van der Waals surface area contributed by atoms with Crippen molar-refractivity contribution in [1.82, 2.24) is 4.90 Å². The monoisotopic (exact) mass is 290 g/mol.